The van der Waals surface area contributed by atoms with Crippen LogP contribution in [0.4, 0.5) is 0 Å². The third-order valence-corrected chi connectivity index (χ3v) is 2.57. The first-order valence-corrected chi connectivity index (χ1v) is 5.07. The third kappa shape index (κ3) is 1.87. The van der Waals surface area contributed by atoms with Crippen LogP contribution in [-0.4, -0.2) is 26.7 Å². The molecule has 0 saturated heterocycles. The zero-order valence-electron chi connectivity index (χ0n) is 9.25. The molecule has 0 atom stereocenters. The lowest BCUT2D eigenvalue weighted by Crippen LogP contribution is -2.30. The molecule has 0 aromatic carbocycles. The highest BCUT2D eigenvalue weighted by atomic mass is 16.4. The Bertz CT molecular complexity index is 489. The average Bonchev–Trinajstić information content (AvgIpc) is 2.59. The van der Waals surface area contributed by atoms with E-state index < -0.39 is 7.12 Å². The maximum absolute atomic E-state index is 9.10. The molecule has 0 fully saturated rings. The van der Waals surface area contributed by atoms with Gasteiger partial charge in [-0.25, -0.2) is 4.98 Å². The van der Waals surface area contributed by atoms with Crippen LogP contribution in [0, 0.1) is 13.8 Å². The van der Waals surface area contributed by atoms with Gasteiger partial charge in [0.25, 0.3) is 0 Å². The zero-order valence-corrected chi connectivity index (χ0v) is 9.25. The molecule has 2 aromatic heterocycles. The molecular formula is C11H13BN2O2. The summed E-state index contributed by atoms with van der Waals surface area (Å²) in [4.78, 5) is 4.23. The predicted octanol–water partition coefficient (Wildman–Crippen LogP) is 0.169. The van der Waals surface area contributed by atoms with Gasteiger partial charge in [-0.15, -0.1) is 0 Å². The number of aryl methyl sites for hydroxylation is 2. The molecule has 0 aliphatic heterocycles. The summed E-state index contributed by atoms with van der Waals surface area (Å²) >= 11 is 0. The lowest BCUT2D eigenvalue weighted by molar-refractivity contribution is 0.425. The fourth-order valence-corrected chi connectivity index (χ4v) is 1.75. The molecule has 0 aliphatic carbocycles. The summed E-state index contributed by atoms with van der Waals surface area (Å²) < 4.78 is 1.96. The van der Waals surface area contributed by atoms with E-state index >= 15 is 0 Å². The molecular weight excluding hydrogens is 203 g/mol. The SMILES string of the molecule is Cc1ccc(C)n1-c1cc(B(O)O)ccn1. The Morgan fingerprint density at radius 2 is 1.75 bits per heavy atom. The van der Waals surface area contributed by atoms with Gasteiger partial charge in [-0.3, -0.25) is 0 Å². The van der Waals surface area contributed by atoms with Crippen molar-refractivity contribution in [3.63, 3.8) is 0 Å². The topological polar surface area (TPSA) is 58.3 Å². The van der Waals surface area contributed by atoms with Crippen LogP contribution in [-0.2, 0) is 0 Å². The van der Waals surface area contributed by atoms with Gasteiger partial charge >= 0.3 is 7.12 Å². The van der Waals surface area contributed by atoms with Gasteiger partial charge in [0.1, 0.15) is 5.82 Å². The maximum Gasteiger partial charge on any atom is 0.488 e. The van der Waals surface area contributed by atoms with Gasteiger partial charge in [0.2, 0.25) is 0 Å². The Hall–Kier alpha value is -1.59. The highest BCUT2D eigenvalue weighted by Crippen LogP contribution is 2.12. The van der Waals surface area contributed by atoms with Crippen molar-refractivity contribution < 1.29 is 10.0 Å². The van der Waals surface area contributed by atoms with Crippen LogP contribution in [0.15, 0.2) is 30.5 Å². The minimum Gasteiger partial charge on any atom is -0.423 e. The van der Waals surface area contributed by atoms with E-state index in [0.717, 1.165) is 11.4 Å². The highest BCUT2D eigenvalue weighted by Gasteiger charge is 2.13. The summed E-state index contributed by atoms with van der Waals surface area (Å²) in [5, 5.41) is 18.2. The molecule has 4 nitrogen and oxygen atoms in total. The van der Waals surface area contributed by atoms with Crippen LogP contribution >= 0.6 is 0 Å². The van der Waals surface area contributed by atoms with Crippen molar-refractivity contribution >= 4 is 12.6 Å². The number of nitrogens with zero attached hydrogens (tertiary/aromatic N) is 2. The molecule has 0 radical (unpaired) electrons. The number of hydrogen-bond acceptors (Lipinski definition) is 3. The normalized spacial score (nSPS) is 10.5. The first-order chi connectivity index (χ1) is 7.59. The molecule has 0 spiro atoms. The van der Waals surface area contributed by atoms with Gasteiger partial charge in [-0.05, 0) is 43.6 Å². The highest BCUT2D eigenvalue weighted by molar-refractivity contribution is 6.58. The maximum atomic E-state index is 9.10. The summed E-state index contributed by atoms with van der Waals surface area (Å²) in [7, 11) is -1.46. The third-order valence-electron chi connectivity index (χ3n) is 2.57. The van der Waals surface area contributed by atoms with Gasteiger partial charge in [0, 0.05) is 17.6 Å². The van der Waals surface area contributed by atoms with E-state index in [2.05, 4.69) is 4.98 Å². The van der Waals surface area contributed by atoms with Crippen LogP contribution < -0.4 is 5.46 Å². The standard InChI is InChI=1S/C11H13BN2O2/c1-8-3-4-9(2)14(8)11-7-10(12(15)16)5-6-13-11/h3-7,15-16H,1-2H3. The van der Waals surface area contributed by atoms with Crippen molar-refractivity contribution in [1.29, 1.82) is 0 Å². The molecule has 0 bridgehead atoms. The molecule has 5 heteroatoms. The molecule has 2 rings (SSSR count). The van der Waals surface area contributed by atoms with Crippen molar-refractivity contribution in [2.45, 2.75) is 13.8 Å². The van der Waals surface area contributed by atoms with Crippen LogP contribution in [0.1, 0.15) is 11.4 Å². The van der Waals surface area contributed by atoms with Crippen LogP contribution in [0.3, 0.4) is 0 Å². The van der Waals surface area contributed by atoms with Crippen LogP contribution in [0.2, 0.25) is 0 Å². The van der Waals surface area contributed by atoms with Gasteiger partial charge in [-0.2, -0.15) is 0 Å². The van der Waals surface area contributed by atoms with E-state index in [4.69, 9.17) is 10.0 Å². The number of pyridine rings is 1. The Morgan fingerprint density at radius 3 is 2.31 bits per heavy atom. The number of aromatic nitrogens is 2. The molecule has 2 heterocycles. The summed E-state index contributed by atoms with van der Waals surface area (Å²) in [5.41, 5.74) is 2.57. The first-order valence-electron chi connectivity index (χ1n) is 5.07. The molecule has 2 N–H and O–H groups in total. The molecule has 0 saturated carbocycles. The zero-order chi connectivity index (χ0) is 11.7. The quantitative estimate of drug-likeness (QED) is 0.703. The minimum atomic E-state index is -1.46. The smallest absolute Gasteiger partial charge is 0.423 e. The summed E-state index contributed by atoms with van der Waals surface area (Å²) in [6, 6.07) is 7.26. The lowest BCUT2D eigenvalue weighted by Gasteiger charge is -2.09. The van der Waals surface area contributed by atoms with E-state index in [1.807, 2.05) is 30.5 Å². The fourth-order valence-electron chi connectivity index (χ4n) is 1.75. The fraction of sp³-hybridized carbons (Fsp3) is 0.182. The van der Waals surface area contributed by atoms with E-state index in [-0.39, 0.29) is 0 Å². The van der Waals surface area contributed by atoms with Gasteiger partial charge in [-0.1, -0.05) is 0 Å². The second kappa shape index (κ2) is 4.12. The van der Waals surface area contributed by atoms with Crippen LogP contribution in [0.25, 0.3) is 5.82 Å². The van der Waals surface area contributed by atoms with Crippen LogP contribution in [0.5, 0.6) is 0 Å². The Morgan fingerprint density at radius 1 is 1.12 bits per heavy atom. The Balaban J connectivity index is 2.52. The Kier molecular flexibility index (Phi) is 2.81. The molecule has 82 valence electrons. The van der Waals surface area contributed by atoms with Crippen molar-refractivity contribution in [3.05, 3.63) is 41.9 Å². The second-order valence-corrected chi connectivity index (χ2v) is 3.77. The van der Waals surface area contributed by atoms with E-state index in [9.17, 15) is 0 Å². The monoisotopic (exact) mass is 216 g/mol. The summed E-state index contributed by atoms with van der Waals surface area (Å²) in [6.07, 6.45) is 1.57. The molecule has 0 amide bonds. The largest absolute Gasteiger partial charge is 0.488 e. The molecule has 2 aromatic rings. The van der Waals surface area contributed by atoms with Gasteiger partial charge in [0.05, 0.1) is 0 Å². The van der Waals surface area contributed by atoms with E-state index in [0.29, 0.717) is 11.3 Å². The van der Waals surface area contributed by atoms with Crippen molar-refractivity contribution in [2.24, 2.45) is 0 Å². The minimum absolute atomic E-state index is 0.442. The Labute approximate surface area is 94.3 Å². The average molecular weight is 216 g/mol. The van der Waals surface area contributed by atoms with E-state index in [1.165, 1.54) is 0 Å². The molecule has 0 unspecified atom stereocenters. The number of hydrogen-bond donors (Lipinski definition) is 2. The number of rotatable bonds is 2. The first kappa shape index (κ1) is 10.9. The molecule has 0 aliphatic rings. The van der Waals surface area contributed by atoms with Crippen molar-refractivity contribution in [3.8, 4) is 5.82 Å². The summed E-state index contributed by atoms with van der Waals surface area (Å²) in [5.74, 6) is 0.700. The van der Waals surface area contributed by atoms with Gasteiger partial charge < -0.3 is 14.6 Å². The summed E-state index contributed by atoms with van der Waals surface area (Å²) in [6.45, 7) is 3.97. The lowest BCUT2D eigenvalue weighted by atomic mass is 9.81. The predicted molar refractivity (Wildman–Crippen MR) is 62.9 cm³/mol. The molecule has 16 heavy (non-hydrogen) atoms. The van der Waals surface area contributed by atoms with Crippen molar-refractivity contribution in [1.82, 2.24) is 9.55 Å². The second-order valence-electron chi connectivity index (χ2n) is 3.77. The van der Waals surface area contributed by atoms with Gasteiger partial charge in [0.15, 0.2) is 0 Å². The van der Waals surface area contributed by atoms with Crippen molar-refractivity contribution in [2.75, 3.05) is 0 Å². The van der Waals surface area contributed by atoms with E-state index in [1.54, 1.807) is 18.3 Å².